The molecule has 1 amide bonds. The van der Waals surface area contributed by atoms with Gasteiger partial charge in [-0.3, -0.25) is 4.79 Å². The first-order valence-electron chi connectivity index (χ1n) is 7.33. The minimum atomic E-state index is -0.804. The minimum Gasteiger partial charge on any atom is -0.338 e. The van der Waals surface area contributed by atoms with Crippen LogP contribution >= 0.6 is 0 Å². The summed E-state index contributed by atoms with van der Waals surface area (Å²) in [4.78, 5) is 18.1. The Morgan fingerprint density at radius 3 is 2.95 bits per heavy atom. The molecule has 1 atom stereocenters. The summed E-state index contributed by atoms with van der Waals surface area (Å²) in [6, 6.07) is 3.08. The third-order valence-corrected chi connectivity index (χ3v) is 4.00. The van der Waals surface area contributed by atoms with Gasteiger partial charge in [0.25, 0.3) is 5.91 Å². The van der Waals surface area contributed by atoms with Gasteiger partial charge in [0.2, 0.25) is 0 Å². The molecule has 1 aliphatic heterocycles. The molecule has 2 heterocycles. The third kappa shape index (κ3) is 3.16. The first-order valence-corrected chi connectivity index (χ1v) is 7.33. The van der Waals surface area contributed by atoms with Gasteiger partial charge in [-0.25, -0.2) is 13.8 Å². The van der Waals surface area contributed by atoms with Crippen molar-refractivity contribution in [3.05, 3.63) is 54.1 Å². The highest BCUT2D eigenvalue weighted by atomic mass is 19.1. The first-order chi connectivity index (χ1) is 10.6. The lowest BCUT2D eigenvalue weighted by Crippen LogP contribution is -2.41. The van der Waals surface area contributed by atoms with E-state index in [0.717, 1.165) is 31.5 Å². The van der Waals surface area contributed by atoms with E-state index < -0.39 is 11.6 Å². The normalized spacial score (nSPS) is 18.5. The monoisotopic (exact) mass is 305 g/mol. The van der Waals surface area contributed by atoms with Crippen LogP contribution in [0.25, 0.3) is 0 Å². The van der Waals surface area contributed by atoms with Gasteiger partial charge in [-0.05, 0) is 30.9 Å². The number of likely N-dealkylation sites (tertiary alicyclic amines) is 1. The molecule has 1 fully saturated rings. The molecule has 0 saturated carbocycles. The molecule has 1 saturated heterocycles. The van der Waals surface area contributed by atoms with E-state index in [1.54, 1.807) is 17.4 Å². The highest BCUT2D eigenvalue weighted by Crippen LogP contribution is 2.21. The molecule has 0 aliphatic carbocycles. The quantitative estimate of drug-likeness (QED) is 0.874. The van der Waals surface area contributed by atoms with Crippen molar-refractivity contribution in [3.63, 3.8) is 0 Å². The van der Waals surface area contributed by atoms with Crippen molar-refractivity contribution >= 4 is 5.91 Å². The molecule has 6 heteroatoms. The second-order valence-corrected chi connectivity index (χ2v) is 5.64. The van der Waals surface area contributed by atoms with E-state index in [1.165, 1.54) is 6.07 Å². The van der Waals surface area contributed by atoms with Crippen molar-refractivity contribution < 1.29 is 13.6 Å². The fourth-order valence-electron chi connectivity index (χ4n) is 2.92. The average Bonchev–Trinajstić information content (AvgIpc) is 3.00. The molecule has 0 spiro atoms. The number of hydrogen-bond donors (Lipinski definition) is 0. The Morgan fingerprint density at radius 2 is 2.23 bits per heavy atom. The summed E-state index contributed by atoms with van der Waals surface area (Å²) >= 11 is 0. The average molecular weight is 305 g/mol. The number of amides is 1. The van der Waals surface area contributed by atoms with Crippen molar-refractivity contribution in [1.29, 1.82) is 0 Å². The largest absolute Gasteiger partial charge is 0.338 e. The number of imidazole rings is 1. The number of aromatic nitrogens is 2. The molecule has 1 aliphatic rings. The maximum atomic E-state index is 13.8. The van der Waals surface area contributed by atoms with E-state index >= 15 is 0 Å². The van der Waals surface area contributed by atoms with Gasteiger partial charge in [-0.15, -0.1) is 0 Å². The zero-order chi connectivity index (χ0) is 15.5. The summed E-state index contributed by atoms with van der Waals surface area (Å²) in [6.07, 6.45) is 7.27. The fourth-order valence-corrected chi connectivity index (χ4v) is 2.92. The molecule has 4 nitrogen and oxygen atoms in total. The van der Waals surface area contributed by atoms with E-state index in [0.29, 0.717) is 19.0 Å². The van der Waals surface area contributed by atoms with Crippen LogP contribution in [-0.4, -0.2) is 33.4 Å². The van der Waals surface area contributed by atoms with E-state index in [1.807, 2.05) is 10.8 Å². The lowest BCUT2D eigenvalue weighted by Gasteiger charge is -2.33. The molecule has 2 aromatic rings. The van der Waals surface area contributed by atoms with Crippen LogP contribution in [-0.2, 0) is 6.54 Å². The van der Waals surface area contributed by atoms with Crippen molar-refractivity contribution in [2.24, 2.45) is 5.92 Å². The van der Waals surface area contributed by atoms with E-state index in [-0.39, 0.29) is 11.5 Å². The van der Waals surface area contributed by atoms with Crippen LogP contribution in [0.2, 0.25) is 0 Å². The summed E-state index contributed by atoms with van der Waals surface area (Å²) in [5.41, 5.74) is -0.0651. The van der Waals surface area contributed by atoms with Crippen molar-refractivity contribution in [2.75, 3.05) is 13.1 Å². The zero-order valence-corrected chi connectivity index (χ0v) is 12.1. The number of carbonyl (C=O) groups is 1. The smallest absolute Gasteiger partial charge is 0.256 e. The van der Waals surface area contributed by atoms with Crippen LogP contribution < -0.4 is 0 Å². The van der Waals surface area contributed by atoms with Gasteiger partial charge in [-0.2, -0.15) is 0 Å². The van der Waals surface area contributed by atoms with Gasteiger partial charge in [-0.1, -0.05) is 0 Å². The van der Waals surface area contributed by atoms with Gasteiger partial charge in [0.05, 0.1) is 11.9 Å². The van der Waals surface area contributed by atoms with Crippen molar-refractivity contribution in [3.8, 4) is 0 Å². The molecule has 3 rings (SSSR count). The Balaban J connectivity index is 1.69. The Labute approximate surface area is 127 Å². The number of nitrogens with zero attached hydrogens (tertiary/aromatic N) is 3. The van der Waals surface area contributed by atoms with E-state index in [2.05, 4.69) is 4.98 Å². The van der Waals surface area contributed by atoms with Gasteiger partial charge in [0, 0.05) is 38.1 Å². The fraction of sp³-hybridized carbons (Fsp3) is 0.375. The molecule has 0 bridgehead atoms. The van der Waals surface area contributed by atoms with E-state index in [4.69, 9.17) is 0 Å². The number of carbonyl (C=O) groups excluding carboxylic acids is 1. The van der Waals surface area contributed by atoms with Crippen LogP contribution in [0, 0.1) is 17.6 Å². The van der Waals surface area contributed by atoms with Crippen LogP contribution in [0.1, 0.15) is 23.2 Å². The summed E-state index contributed by atoms with van der Waals surface area (Å²) in [5, 5.41) is 0. The molecule has 0 unspecified atom stereocenters. The lowest BCUT2D eigenvalue weighted by molar-refractivity contribution is 0.0657. The molecule has 1 aromatic heterocycles. The summed E-state index contributed by atoms with van der Waals surface area (Å²) in [5.74, 6) is -1.53. The SMILES string of the molecule is O=C(c1ccc(F)cc1F)N1CCC[C@H](Cn2ccnc2)C1. The number of hydrogen-bond acceptors (Lipinski definition) is 2. The zero-order valence-electron chi connectivity index (χ0n) is 12.1. The molecule has 22 heavy (non-hydrogen) atoms. The van der Waals surface area contributed by atoms with Crippen LogP contribution in [0.4, 0.5) is 8.78 Å². The number of rotatable bonds is 3. The Kier molecular flexibility index (Phi) is 4.18. The highest BCUT2D eigenvalue weighted by Gasteiger charge is 2.26. The number of benzene rings is 1. The van der Waals surface area contributed by atoms with Gasteiger partial charge < -0.3 is 9.47 Å². The summed E-state index contributed by atoms with van der Waals surface area (Å²) < 4.78 is 28.7. The van der Waals surface area contributed by atoms with Crippen molar-refractivity contribution in [1.82, 2.24) is 14.5 Å². The maximum absolute atomic E-state index is 13.8. The second-order valence-electron chi connectivity index (χ2n) is 5.64. The number of halogens is 2. The molecule has 1 aromatic carbocycles. The van der Waals surface area contributed by atoms with Gasteiger partial charge in [0.1, 0.15) is 11.6 Å². The molecule has 0 N–H and O–H groups in total. The Hall–Kier alpha value is -2.24. The third-order valence-electron chi connectivity index (χ3n) is 4.00. The standard InChI is InChI=1S/C16H17F2N3O/c17-13-3-4-14(15(18)8-13)16(22)21-6-1-2-12(10-21)9-20-7-5-19-11-20/h3-5,7-8,11-12H,1-2,6,9-10H2/t12-/m1/s1. The molecular weight excluding hydrogens is 288 g/mol. The van der Waals surface area contributed by atoms with E-state index in [9.17, 15) is 13.6 Å². The van der Waals surface area contributed by atoms with Gasteiger partial charge >= 0.3 is 0 Å². The second kappa shape index (κ2) is 6.25. The Morgan fingerprint density at radius 1 is 1.36 bits per heavy atom. The highest BCUT2D eigenvalue weighted by molar-refractivity contribution is 5.94. The van der Waals surface area contributed by atoms with Crippen molar-refractivity contribution in [2.45, 2.75) is 19.4 Å². The minimum absolute atomic E-state index is 0.0651. The van der Waals surface area contributed by atoms with Crippen LogP contribution in [0.3, 0.4) is 0 Å². The van der Waals surface area contributed by atoms with Crippen LogP contribution in [0.15, 0.2) is 36.9 Å². The molecule has 0 radical (unpaired) electrons. The molecule has 116 valence electrons. The number of piperidine rings is 1. The maximum Gasteiger partial charge on any atom is 0.256 e. The predicted octanol–water partition coefficient (Wildman–Crippen LogP) is 2.71. The first kappa shape index (κ1) is 14.7. The Bertz CT molecular complexity index is 657. The summed E-state index contributed by atoms with van der Waals surface area (Å²) in [7, 11) is 0. The van der Waals surface area contributed by atoms with Gasteiger partial charge in [0.15, 0.2) is 0 Å². The summed E-state index contributed by atoms with van der Waals surface area (Å²) in [6.45, 7) is 1.97. The topological polar surface area (TPSA) is 38.1 Å². The van der Waals surface area contributed by atoms with Crippen LogP contribution in [0.5, 0.6) is 0 Å². The lowest BCUT2D eigenvalue weighted by atomic mass is 9.97. The molecular formula is C16H17F2N3O. The predicted molar refractivity (Wildman–Crippen MR) is 77.2 cm³/mol.